The van der Waals surface area contributed by atoms with Crippen molar-refractivity contribution in [1.82, 2.24) is 19.7 Å². The van der Waals surface area contributed by atoms with Gasteiger partial charge in [-0.2, -0.15) is 20.3 Å². The molecule has 1 atom stereocenters. The van der Waals surface area contributed by atoms with Gasteiger partial charge in [-0.1, -0.05) is 6.92 Å². The molecule has 1 unspecified atom stereocenters. The fraction of sp³-hybridized carbons (Fsp3) is 0.300. The molecule has 2 aromatic heterocycles. The van der Waals surface area contributed by atoms with Crippen molar-refractivity contribution in [2.24, 2.45) is 5.92 Å². The van der Waals surface area contributed by atoms with Crippen molar-refractivity contribution in [1.29, 1.82) is 5.26 Å². The van der Waals surface area contributed by atoms with Crippen LogP contribution in [0.25, 0.3) is 17.1 Å². The van der Waals surface area contributed by atoms with Gasteiger partial charge in [0, 0.05) is 12.6 Å². The number of halogens is 1. The van der Waals surface area contributed by atoms with E-state index < -0.39 is 0 Å². The van der Waals surface area contributed by atoms with Crippen molar-refractivity contribution in [3.05, 3.63) is 45.9 Å². The predicted octanol–water partition coefficient (Wildman–Crippen LogP) is 4.62. The zero-order valence-electron chi connectivity index (χ0n) is 15.3. The van der Waals surface area contributed by atoms with Gasteiger partial charge in [0.25, 0.3) is 0 Å². The van der Waals surface area contributed by atoms with Gasteiger partial charge in [0.1, 0.15) is 11.1 Å². The number of rotatable bonds is 3. The molecule has 1 aliphatic heterocycles. The number of nitriles is 1. The summed E-state index contributed by atoms with van der Waals surface area (Å²) in [5.74, 6) is 1.69. The SMILES string of the molecule is Cc1cc(/C=C/C#N)cc(C)c1Oc1nc(Cl)nc2nn3c(c12)CC(C)C3. The van der Waals surface area contributed by atoms with Gasteiger partial charge in [0.2, 0.25) is 11.2 Å². The third-order valence-electron chi connectivity index (χ3n) is 4.70. The van der Waals surface area contributed by atoms with Gasteiger partial charge < -0.3 is 4.74 Å². The molecule has 4 rings (SSSR count). The first-order valence-electron chi connectivity index (χ1n) is 8.74. The number of fused-ring (bicyclic) bond motifs is 3. The summed E-state index contributed by atoms with van der Waals surface area (Å²) in [6.07, 6.45) is 4.14. The maximum atomic E-state index is 8.72. The molecule has 0 N–H and O–H groups in total. The Bertz CT molecular complexity index is 1100. The first kappa shape index (κ1) is 17.5. The van der Waals surface area contributed by atoms with Crippen LogP contribution in [0.3, 0.4) is 0 Å². The zero-order valence-corrected chi connectivity index (χ0v) is 16.1. The molecule has 0 aliphatic carbocycles. The molecule has 6 nitrogen and oxygen atoms in total. The van der Waals surface area contributed by atoms with Crippen LogP contribution < -0.4 is 4.74 Å². The minimum atomic E-state index is 0.117. The Kier molecular flexibility index (Phi) is 4.33. The van der Waals surface area contributed by atoms with Crippen LogP contribution in [0, 0.1) is 31.1 Å². The molecule has 0 fully saturated rings. The molecule has 3 aromatic rings. The lowest BCUT2D eigenvalue weighted by Crippen LogP contribution is -2.00. The van der Waals surface area contributed by atoms with Crippen molar-refractivity contribution < 1.29 is 4.74 Å². The molecule has 0 amide bonds. The predicted molar refractivity (Wildman–Crippen MR) is 104 cm³/mol. The molecule has 3 heterocycles. The van der Waals surface area contributed by atoms with Crippen LogP contribution in [0.15, 0.2) is 18.2 Å². The largest absolute Gasteiger partial charge is 0.438 e. The standard InChI is InChI=1S/C20H18ClN5O/c1-11-7-15-16-18(25-26(15)10-11)23-20(21)24-19(16)27-17-12(2)8-14(5-4-6-22)9-13(17)3/h4-5,8-9,11H,7,10H2,1-3H3/b5-4+. The van der Waals surface area contributed by atoms with Gasteiger partial charge in [0.15, 0.2) is 5.65 Å². The third-order valence-corrected chi connectivity index (χ3v) is 4.87. The van der Waals surface area contributed by atoms with Gasteiger partial charge in [-0.3, -0.25) is 4.68 Å². The van der Waals surface area contributed by atoms with Crippen molar-refractivity contribution in [2.75, 3.05) is 0 Å². The van der Waals surface area contributed by atoms with Gasteiger partial charge in [-0.25, -0.2) is 0 Å². The molecule has 0 radical (unpaired) electrons. The van der Waals surface area contributed by atoms with Crippen LogP contribution in [-0.2, 0) is 13.0 Å². The van der Waals surface area contributed by atoms with Gasteiger partial charge in [0.05, 0.1) is 11.8 Å². The molecule has 27 heavy (non-hydrogen) atoms. The second-order valence-electron chi connectivity index (χ2n) is 6.98. The quantitative estimate of drug-likeness (QED) is 0.490. The van der Waals surface area contributed by atoms with E-state index in [9.17, 15) is 0 Å². The number of allylic oxidation sites excluding steroid dienone is 1. The molecule has 0 spiro atoms. The summed E-state index contributed by atoms with van der Waals surface area (Å²) in [6.45, 7) is 6.99. The molecule has 0 bridgehead atoms. The molecule has 0 saturated carbocycles. The normalized spacial score (nSPS) is 16.0. The molecule has 0 saturated heterocycles. The van der Waals surface area contributed by atoms with Crippen LogP contribution in [0.5, 0.6) is 11.6 Å². The summed E-state index contributed by atoms with van der Waals surface area (Å²) in [7, 11) is 0. The van der Waals surface area contributed by atoms with E-state index >= 15 is 0 Å². The Labute approximate surface area is 162 Å². The van der Waals surface area contributed by atoms with E-state index in [1.165, 1.54) is 6.08 Å². The summed E-state index contributed by atoms with van der Waals surface area (Å²) in [4.78, 5) is 8.61. The summed E-state index contributed by atoms with van der Waals surface area (Å²) in [6, 6.07) is 5.95. The Morgan fingerprint density at radius 1 is 1.30 bits per heavy atom. The molecule has 1 aliphatic rings. The third kappa shape index (κ3) is 3.15. The molecule has 1 aromatic carbocycles. The second kappa shape index (κ2) is 6.67. The van der Waals surface area contributed by atoms with Gasteiger partial charge in [-0.05, 0) is 72.7 Å². The number of nitrogens with zero attached hydrogens (tertiary/aromatic N) is 5. The average molecular weight is 380 g/mol. The van der Waals surface area contributed by atoms with Crippen LogP contribution in [0.1, 0.15) is 29.3 Å². The first-order chi connectivity index (χ1) is 13.0. The van der Waals surface area contributed by atoms with Crippen LogP contribution in [0.2, 0.25) is 5.28 Å². The number of hydrogen-bond acceptors (Lipinski definition) is 5. The average Bonchev–Trinajstić information content (AvgIpc) is 3.11. The van der Waals surface area contributed by atoms with Crippen molar-refractivity contribution in [3.8, 4) is 17.7 Å². The highest BCUT2D eigenvalue weighted by molar-refractivity contribution is 6.28. The minimum Gasteiger partial charge on any atom is -0.438 e. The fourth-order valence-corrected chi connectivity index (χ4v) is 3.78. The number of aromatic nitrogens is 4. The van der Waals surface area contributed by atoms with E-state index in [0.717, 1.165) is 46.5 Å². The lowest BCUT2D eigenvalue weighted by molar-refractivity contribution is 0.460. The van der Waals surface area contributed by atoms with Crippen LogP contribution >= 0.6 is 11.6 Å². The fourth-order valence-electron chi connectivity index (χ4n) is 3.63. The number of ether oxygens (including phenoxy) is 1. The monoisotopic (exact) mass is 379 g/mol. The van der Waals surface area contributed by atoms with Crippen molar-refractivity contribution in [2.45, 2.75) is 33.7 Å². The molecule has 136 valence electrons. The van der Waals surface area contributed by atoms with E-state index in [0.29, 0.717) is 17.4 Å². The zero-order chi connectivity index (χ0) is 19.1. The lowest BCUT2D eigenvalue weighted by atomic mass is 10.1. The number of hydrogen-bond donors (Lipinski definition) is 0. The van der Waals surface area contributed by atoms with Crippen molar-refractivity contribution in [3.63, 3.8) is 0 Å². The van der Waals surface area contributed by atoms with E-state index in [1.54, 1.807) is 6.08 Å². The highest BCUT2D eigenvalue weighted by atomic mass is 35.5. The summed E-state index contributed by atoms with van der Waals surface area (Å²) >= 11 is 6.11. The Morgan fingerprint density at radius 3 is 2.74 bits per heavy atom. The first-order valence-corrected chi connectivity index (χ1v) is 9.12. The Hall–Kier alpha value is -2.91. The molecular weight excluding hydrogens is 362 g/mol. The molecule has 7 heteroatoms. The number of aryl methyl sites for hydroxylation is 2. The summed E-state index contributed by atoms with van der Waals surface area (Å²) < 4.78 is 8.21. The van der Waals surface area contributed by atoms with Gasteiger partial charge in [-0.15, -0.1) is 0 Å². The topological polar surface area (TPSA) is 76.6 Å². The summed E-state index contributed by atoms with van der Waals surface area (Å²) in [5.41, 5.74) is 4.51. The van der Waals surface area contributed by atoms with Crippen molar-refractivity contribution >= 4 is 28.7 Å². The highest BCUT2D eigenvalue weighted by Crippen LogP contribution is 2.37. The van der Waals surface area contributed by atoms with E-state index in [-0.39, 0.29) is 5.28 Å². The highest BCUT2D eigenvalue weighted by Gasteiger charge is 2.27. The Morgan fingerprint density at radius 2 is 2.04 bits per heavy atom. The molecular formula is C20H18ClN5O. The number of benzene rings is 1. The van der Waals surface area contributed by atoms with E-state index in [2.05, 4.69) is 22.0 Å². The van der Waals surface area contributed by atoms with Crippen LogP contribution in [-0.4, -0.2) is 19.7 Å². The second-order valence-corrected chi connectivity index (χ2v) is 7.32. The lowest BCUT2D eigenvalue weighted by Gasteiger charge is -2.13. The maximum Gasteiger partial charge on any atom is 0.235 e. The summed E-state index contributed by atoms with van der Waals surface area (Å²) in [5, 5.41) is 14.2. The minimum absolute atomic E-state index is 0.117. The smallest absolute Gasteiger partial charge is 0.235 e. The van der Waals surface area contributed by atoms with Gasteiger partial charge >= 0.3 is 0 Å². The van der Waals surface area contributed by atoms with E-state index in [1.807, 2.05) is 36.7 Å². The maximum absolute atomic E-state index is 8.72. The van der Waals surface area contributed by atoms with E-state index in [4.69, 9.17) is 21.6 Å². The Balaban J connectivity index is 1.81. The van der Waals surface area contributed by atoms with Crippen LogP contribution in [0.4, 0.5) is 0 Å².